The zero-order chi connectivity index (χ0) is 20.4. The first-order chi connectivity index (χ1) is 14.0. The van der Waals surface area contributed by atoms with E-state index in [-0.39, 0.29) is 10.6 Å². The Hall–Kier alpha value is -2.69. The molecule has 0 amide bonds. The summed E-state index contributed by atoms with van der Waals surface area (Å²) in [5.74, 6) is 0.473. The Morgan fingerprint density at radius 2 is 1.69 bits per heavy atom. The third kappa shape index (κ3) is 3.78. The third-order valence-electron chi connectivity index (χ3n) is 5.03. The summed E-state index contributed by atoms with van der Waals surface area (Å²) in [6.45, 7) is 1.52. The Morgan fingerprint density at radius 3 is 2.34 bits per heavy atom. The van der Waals surface area contributed by atoms with Crippen LogP contribution < -0.4 is 4.90 Å². The van der Waals surface area contributed by atoms with Crippen LogP contribution in [0, 0.1) is 11.3 Å². The van der Waals surface area contributed by atoms with Crippen molar-refractivity contribution in [3.8, 4) is 6.07 Å². The van der Waals surface area contributed by atoms with Crippen LogP contribution in [-0.4, -0.2) is 31.5 Å². The normalized spacial score (nSPS) is 15.8. The summed E-state index contributed by atoms with van der Waals surface area (Å²) in [5.41, 5.74) is 1.41. The van der Waals surface area contributed by atoms with Crippen LogP contribution in [0.5, 0.6) is 0 Å². The first-order valence-electron chi connectivity index (χ1n) is 9.41. The molecule has 0 radical (unpaired) electrons. The van der Waals surface area contributed by atoms with Gasteiger partial charge >= 0.3 is 0 Å². The highest BCUT2D eigenvalue weighted by Crippen LogP contribution is 2.35. The minimum Gasteiger partial charge on any atom is -0.355 e. The summed E-state index contributed by atoms with van der Waals surface area (Å²) >= 11 is 5.99. The van der Waals surface area contributed by atoms with Crippen molar-refractivity contribution < 1.29 is 8.42 Å². The predicted molar refractivity (Wildman–Crippen MR) is 113 cm³/mol. The molecular formula is C21H19ClN4O2S. The number of fused-ring (bicyclic) bond motifs is 1. The van der Waals surface area contributed by atoms with E-state index in [0.29, 0.717) is 21.9 Å². The summed E-state index contributed by atoms with van der Waals surface area (Å²) < 4.78 is 26.6. The highest BCUT2D eigenvalue weighted by atomic mass is 35.5. The number of sulfone groups is 1. The molecule has 1 fully saturated rings. The Morgan fingerprint density at radius 1 is 1.00 bits per heavy atom. The number of piperidine rings is 1. The average molecular weight is 427 g/mol. The van der Waals surface area contributed by atoms with Crippen molar-refractivity contribution >= 4 is 38.3 Å². The molecule has 4 rings (SSSR count). The first-order valence-corrected chi connectivity index (χ1v) is 11.3. The zero-order valence-corrected chi connectivity index (χ0v) is 17.2. The number of hydrogen-bond donors (Lipinski definition) is 0. The minimum absolute atomic E-state index is 0.00361. The molecule has 2 heterocycles. The number of halogens is 1. The number of rotatable bonds is 4. The molecule has 29 heavy (non-hydrogen) atoms. The van der Waals surface area contributed by atoms with Gasteiger partial charge in [-0.05, 0) is 49.6 Å². The number of anilines is 1. The maximum absolute atomic E-state index is 13.3. The largest absolute Gasteiger partial charge is 0.355 e. The van der Waals surface area contributed by atoms with E-state index in [0.717, 1.165) is 32.4 Å². The van der Waals surface area contributed by atoms with E-state index in [4.69, 9.17) is 16.6 Å². The van der Waals surface area contributed by atoms with Gasteiger partial charge in [0, 0.05) is 18.1 Å². The maximum Gasteiger partial charge on any atom is 0.200 e. The molecular weight excluding hydrogens is 408 g/mol. The van der Waals surface area contributed by atoms with E-state index in [1.807, 2.05) is 29.2 Å². The van der Waals surface area contributed by atoms with Crippen molar-refractivity contribution in [3.05, 3.63) is 59.2 Å². The van der Waals surface area contributed by atoms with Crippen LogP contribution in [0.4, 0.5) is 5.82 Å². The molecule has 1 aliphatic heterocycles. The molecule has 0 spiro atoms. The van der Waals surface area contributed by atoms with Crippen LogP contribution in [0.15, 0.2) is 53.4 Å². The van der Waals surface area contributed by atoms with Crippen molar-refractivity contribution in [1.29, 1.82) is 5.26 Å². The van der Waals surface area contributed by atoms with E-state index in [2.05, 4.69) is 4.98 Å². The fraction of sp³-hybridized carbons (Fsp3) is 0.286. The SMILES string of the molecule is N#C[C@@H](c1nc2ccccc2nc1N1CCCCC1)S(=O)(=O)c1cccc(Cl)c1. The molecule has 1 aliphatic rings. The standard InChI is InChI=1S/C21H19ClN4O2S/c22-15-7-6-8-16(13-15)29(27,28)19(14-23)20-21(26-11-4-1-5-12-26)25-18-10-3-2-9-17(18)24-20/h2-3,6-10,13,19H,1,4-5,11-12H2/t19-/m0/s1. The fourth-order valence-corrected chi connectivity index (χ4v) is 5.25. The van der Waals surface area contributed by atoms with Crippen LogP contribution in [-0.2, 0) is 9.84 Å². The Balaban J connectivity index is 1.91. The van der Waals surface area contributed by atoms with E-state index in [9.17, 15) is 13.7 Å². The molecule has 2 aromatic carbocycles. The molecule has 0 unspecified atom stereocenters. The number of para-hydroxylation sites is 2. The predicted octanol–water partition coefficient (Wildman–Crippen LogP) is 4.31. The van der Waals surface area contributed by atoms with Gasteiger partial charge < -0.3 is 4.90 Å². The van der Waals surface area contributed by atoms with E-state index in [1.54, 1.807) is 18.2 Å². The summed E-state index contributed by atoms with van der Waals surface area (Å²) in [6.07, 6.45) is 3.10. The van der Waals surface area contributed by atoms with Gasteiger partial charge in [-0.1, -0.05) is 29.8 Å². The van der Waals surface area contributed by atoms with Gasteiger partial charge in [0.05, 0.1) is 22.0 Å². The van der Waals surface area contributed by atoms with Crippen LogP contribution in [0.1, 0.15) is 30.2 Å². The van der Waals surface area contributed by atoms with Crippen LogP contribution in [0.25, 0.3) is 11.0 Å². The topological polar surface area (TPSA) is 86.9 Å². The van der Waals surface area contributed by atoms with Gasteiger partial charge in [-0.3, -0.25) is 0 Å². The molecule has 1 saturated heterocycles. The van der Waals surface area contributed by atoms with E-state index >= 15 is 0 Å². The molecule has 148 valence electrons. The van der Waals surface area contributed by atoms with Crippen molar-refractivity contribution in [1.82, 2.24) is 9.97 Å². The lowest BCUT2D eigenvalue weighted by Gasteiger charge is -2.30. The number of nitrogens with zero attached hydrogens (tertiary/aromatic N) is 4. The molecule has 1 atom stereocenters. The summed E-state index contributed by atoms with van der Waals surface area (Å²) in [6, 6.07) is 15.2. The smallest absolute Gasteiger partial charge is 0.200 e. The molecule has 0 N–H and O–H groups in total. The lowest BCUT2D eigenvalue weighted by Crippen LogP contribution is -2.32. The lowest BCUT2D eigenvalue weighted by atomic mass is 10.1. The summed E-state index contributed by atoms with van der Waals surface area (Å²) in [4.78, 5) is 11.3. The van der Waals surface area contributed by atoms with Gasteiger partial charge in [0.15, 0.2) is 11.1 Å². The molecule has 0 bridgehead atoms. The second-order valence-electron chi connectivity index (χ2n) is 6.98. The molecule has 3 aromatic rings. The Bertz CT molecular complexity index is 1200. The highest BCUT2D eigenvalue weighted by molar-refractivity contribution is 7.92. The van der Waals surface area contributed by atoms with Gasteiger partial charge in [-0.2, -0.15) is 5.26 Å². The first kappa shape index (κ1) is 19.6. The second kappa shape index (κ2) is 7.97. The van der Waals surface area contributed by atoms with E-state index < -0.39 is 15.1 Å². The minimum atomic E-state index is -4.03. The molecule has 6 nitrogen and oxygen atoms in total. The van der Waals surface area contributed by atoms with Crippen molar-refractivity contribution in [2.24, 2.45) is 0 Å². The average Bonchev–Trinajstić information content (AvgIpc) is 2.74. The fourth-order valence-electron chi connectivity index (χ4n) is 3.58. The Kier molecular flexibility index (Phi) is 5.39. The highest BCUT2D eigenvalue weighted by Gasteiger charge is 2.35. The van der Waals surface area contributed by atoms with Crippen LogP contribution >= 0.6 is 11.6 Å². The zero-order valence-electron chi connectivity index (χ0n) is 15.6. The van der Waals surface area contributed by atoms with Crippen molar-refractivity contribution in [2.75, 3.05) is 18.0 Å². The quantitative estimate of drug-likeness (QED) is 0.617. The Labute approximate surface area is 174 Å². The van der Waals surface area contributed by atoms with Gasteiger partial charge in [-0.15, -0.1) is 0 Å². The molecule has 0 aliphatic carbocycles. The number of aromatic nitrogens is 2. The summed E-state index contributed by atoms with van der Waals surface area (Å²) in [5, 5.41) is 8.71. The third-order valence-corrected chi connectivity index (χ3v) is 7.13. The monoisotopic (exact) mass is 426 g/mol. The number of nitriles is 1. The lowest BCUT2D eigenvalue weighted by molar-refractivity contribution is 0.569. The molecule has 8 heteroatoms. The van der Waals surface area contributed by atoms with Gasteiger partial charge in [0.25, 0.3) is 0 Å². The molecule has 0 saturated carbocycles. The van der Waals surface area contributed by atoms with Gasteiger partial charge in [0.2, 0.25) is 9.84 Å². The van der Waals surface area contributed by atoms with Crippen LogP contribution in [0.3, 0.4) is 0 Å². The number of benzene rings is 2. The number of hydrogen-bond acceptors (Lipinski definition) is 6. The van der Waals surface area contributed by atoms with E-state index in [1.165, 1.54) is 12.1 Å². The van der Waals surface area contributed by atoms with Gasteiger partial charge in [0.1, 0.15) is 5.69 Å². The van der Waals surface area contributed by atoms with Crippen molar-refractivity contribution in [2.45, 2.75) is 29.4 Å². The van der Waals surface area contributed by atoms with Crippen LogP contribution in [0.2, 0.25) is 5.02 Å². The second-order valence-corrected chi connectivity index (χ2v) is 9.45. The van der Waals surface area contributed by atoms with Crippen molar-refractivity contribution in [3.63, 3.8) is 0 Å². The summed E-state index contributed by atoms with van der Waals surface area (Å²) in [7, 11) is -4.03. The maximum atomic E-state index is 13.3. The van der Waals surface area contributed by atoms with Gasteiger partial charge in [-0.25, -0.2) is 18.4 Å². The molecule has 1 aromatic heterocycles.